The average molecular weight is 284 g/mol. The normalized spacial score (nSPS) is 10.3. The number of rotatable bonds is 8. The van der Waals surface area contributed by atoms with E-state index in [9.17, 15) is 4.79 Å². The van der Waals surface area contributed by atoms with Gasteiger partial charge >= 0.3 is 5.97 Å². The van der Waals surface area contributed by atoms with Crippen molar-refractivity contribution >= 4 is 16.7 Å². The Kier molecular flexibility index (Phi) is 5.83. The summed E-state index contributed by atoms with van der Waals surface area (Å²) in [5.74, 6) is 0.536. The largest absolute Gasteiger partial charge is 0.494 e. The van der Waals surface area contributed by atoms with E-state index < -0.39 is 0 Å². The van der Waals surface area contributed by atoms with Crippen molar-refractivity contribution in [2.24, 2.45) is 0 Å². The SMILES string of the molecule is C=CC(=O)OCCCCCOc1ccc2ccccc2c1. The molecule has 0 amide bonds. The minimum absolute atomic E-state index is 0.359. The number of ether oxygens (including phenoxy) is 2. The van der Waals surface area contributed by atoms with Gasteiger partial charge in [0.25, 0.3) is 0 Å². The molecule has 2 aromatic rings. The highest BCUT2D eigenvalue weighted by atomic mass is 16.5. The summed E-state index contributed by atoms with van der Waals surface area (Å²) in [5.41, 5.74) is 0. The molecule has 0 atom stereocenters. The highest BCUT2D eigenvalue weighted by molar-refractivity contribution is 5.83. The molecule has 110 valence electrons. The van der Waals surface area contributed by atoms with E-state index in [-0.39, 0.29) is 5.97 Å². The minimum Gasteiger partial charge on any atom is -0.494 e. The second-order valence-electron chi connectivity index (χ2n) is 4.79. The molecule has 0 saturated heterocycles. The van der Waals surface area contributed by atoms with Gasteiger partial charge in [-0.3, -0.25) is 0 Å². The Morgan fingerprint density at radius 3 is 2.57 bits per heavy atom. The summed E-state index contributed by atoms with van der Waals surface area (Å²) in [4.78, 5) is 10.8. The monoisotopic (exact) mass is 284 g/mol. The molecule has 2 rings (SSSR count). The van der Waals surface area contributed by atoms with Crippen LogP contribution in [0.25, 0.3) is 10.8 Å². The van der Waals surface area contributed by atoms with Gasteiger partial charge in [0.15, 0.2) is 0 Å². The van der Waals surface area contributed by atoms with Gasteiger partial charge in [0.05, 0.1) is 13.2 Å². The molecule has 0 aliphatic heterocycles. The molecule has 0 fully saturated rings. The number of esters is 1. The Bertz CT molecular complexity index is 604. The predicted octanol–water partition coefficient (Wildman–Crippen LogP) is 4.12. The third-order valence-electron chi connectivity index (χ3n) is 3.19. The molecule has 3 nitrogen and oxygen atoms in total. The Balaban J connectivity index is 1.66. The molecule has 0 radical (unpaired) electrons. The zero-order valence-electron chi connectivity index (χ0n) is 12.1. The maximum Gasteiger partial charge on any atom is 0.330 e. The number of hydrogen-bond acceptors (Lipinski definition) is 3. The van der Waals surface area contributed by atoms with Crippen molar-refractivity contribution in [3.63, 3.8) is 0 Å². The van der Waals surface area contributed by atoms with Crippen molar-refractivity contribution in [1.29, 1.82) is 0 Å². The highest BCUT2D eigenvalue weighted by Crippen LogP contribution is 2.20. The zero-order valence-corrected chi connectivity index (χ0v) is 12.1. The van der Waals surface area contributed by atoms with Crippen LogP contribution in [-0.4, -0.2) is 19.2 Å². The third-order valence-corrected chi connectivity index (χ3v) is 3.19. The molecule has 0 aromatic heterocycles. The fraction of sp³-hybridized carbons (Fsp3) is 0.278. The summed E-state index contributed by atoms with van der Waals surface area (Å²) in [6.07, 6.45) is 3.94. The second-order valence-corrected chi connectivity index (χ2v) is 4.79. The lowest BCUT2D eigenvalue weighted by molar-refractivity contribution is -0.137. The molecule has 3 heteroatoms. The first-order valence-corrected chi connectivity index (χ1v) is 7.20. The van der Waals surface area contributed by atoms with Gasteiger partial charge in [0, 0.05) is 6.08 Å². The van der Waals surface area contributed by atoms with Crippen molar-refractivity contribution in [1.82, 2.24) is 0 Å². The van der Waals surface area contributed by atoms with Gasteiger partial charge in [0.2, 0.25) is 0 Å². The van der Waals surface area contributed by atoms with Crippen molar-refractivity contribution in [2.75, 3.05) is 13.2 Å². The van der Waals surface area contributed by atoms with Crippen LogP contribution >= 0.6 is 0 Å². The van der Waals surface area contributed by atoms with Crippen LogP contribution in [0.2, 0.25) is 0 Å². The fourth-order valence-corrected chi connectivity index (χ4v) is 2.06. The van der Waals surface area contributed by atoms with Crippen LogP contribution in [0.3, 0.4) is 0 Å². The van der Waals surface area contributed by atoms with Gasteiger partial charge in [0.1, 0.15) is 5.75 Å². The standard InChI is InChI=1S/C18H20O3/c1-2-18(19)21-13-7-3-6-12-20-17-11-10-15-8-4-5-9-16(15)14-17/h2,4-5,8-11,14H,1,3,6-7,12-13H2. The van der Waals surface area contributed by atoms with Crippen molar-refractivity contribution in [2.45, 2.75) is 19.3 Å². The maximum absolute atomic E-state index is 10.8. The number of carbonyl (C=O) groups is 1. The summed E-state index contributed by atoms with van der Waals surface area (Å²) < 4.78 is 10.6. The fourth-order valence-electron chi connectivity index (χ4n) is 2.06. The van der Waals surface area contributed by atoms with Crippen LogP contribution in [0.15, 0.2) is 55.1 Å². The number of fused-ring (bicyclic) bond motifs is 1. The van der Waals surface area contributed by atoms with E-state index in [1.807, 2.05) is 18.2 Å². The van der Waals surface area contributed by atoms with E-state index >= 15 is 0 Å². The molecule has 2 aromatic carbocycles. The second kappa shape index (κ2) is 8.10. The van der Waals surface area contributed by atoms with E-state index in [1.54, 1.807) is 0 Å². The summed E-state index contributed by atoms with van der Waals surface area (Å²) >= 11 is 0. The Morgan fingerprint density at radius 2 is 1.76 bits per heavy atom. The zero-order chi connectivity index (χ0) is 14.9. The van der Waals surface area contributed by atoms with Crippen LogP contribution in [0.1, 0.15) is 19.3 Å². The first-order valence-electron chi connectivity index (χ1n) is 7.20. The van der Waals surface area contributed by atoms with E-state index in [4.69, 9.17) is 9.47 Å². The highest BCUT2D eigenvalue weighted by Gasteiger charge is 1.98. The molecular formula is C18H20O3. The molecule has 0 unspecified atom stereocenters. The van der Waals surface area contributed by atoms with E-state index in [2.05, 4.69) is 30.8 Å². The van der Waals surface area contributed by atoms with Gasteiger partial charge < -0.3 is 9.47 Å². The number of benzene rings is 2. The van der Waals surface area contributed by atoms with Crippen LogP contribution < -0.4 is 4.74 Å². The molecule has 0 saturated carbocycles. The topological polar surface area (TPSA) is 35.5 Å². The molecule has 0 spiro atoms. The molecule has 0 aliphatic carbocycles. The molecular weight excluding hydrogens is 264 g/mol. The van der Waals surface area contributed by atoms with Crippen LogP contribution in [0, 0.1) is 0 Å². The first kappa shape index (κ1) is 15.1. The predicted molar refractivity (Wildman–Crippen MR) is 84.5 cm³/mol. The molecule has 0 aliphatic rings. The van der Waals surface area contributed by atoms with Gasteiger partial charge in [-0.05, 0) is 42.2 Å². The van der Waals surface area contributed by atoms with Gasteiger partial charge in [-0.25, -0.2) is 4.79 Å². The lowest BCUT2D eigenvalue weighted by Gasteiger charge is -2.07. The minimum atomic E-state index is -0.359. The average Bonchev–Trinajstić information content (AvgIpc) is 2.53. The molecule has 0 bridgehead atoms. The Hall–Kier alpha value is -2.29. The quantitative estimate of drug-likeness (QED) is 0.415. The molecule has 0 heterocycles. The van der Waals surface area contributed by atoms with E-state index in [1.165, 1.54) is 16.8 Å². The van der Waals surface area contributed by atoms with Crippen molar-refractivity contribution in [3.8, 4) is 5.75 Å². The molecule has 0 N–H and O–H groups in total. The summed E-state index contributed by atoms with van der Waals surface area (Å²) in [5, 5.41) is 2.40. The Morgan fingerprint density at radius 1 is 1.00 bits per heavy atom. The van der Waals surface area contributed by atoms with Crippen molar-refractivity contribution in [3.05, 3.63) is 55.1 Å². The number of carbonyl (C=O) groups excluding carboxylic acids is 1. The number of unbranched alkanes of at least 4 members (excludes halogenated alkanes) is 2. The lowest BCUT2D eigenvalue weighted by Crippen LogP contribution is -2.03. The van der Waals surface area contributed by atoms with E-state index in [0.717, 1.165) is 25.0 Å². The van der Waals surface area contributed by atoms with Gasteiger partial charge in [-0.15, -0.1) is 0 Å². The summed E-state index contributed by atoms with van der Waals surface area (Å²) in [7, 11) is 0. The van der Waals surface area contributed by atoms with Gasteiger partial charge in [-0.2, -0.15) is 0 Å². The molecule has 21 heavy (non-hydrogen) atoms. The van der Waals surface area contributed by atoms with Crippen molar-refractivity contribution < 1.29 is 14.3 Å². The number of hydrogen-bond donors (Lipinski definition) is 0. The lowest BCUT2D eigenvalue weighted by atomic mass is 10.1. The third kappa shape index (κ3) is 4.95. The maximum atomic E-state index is 10.8. The Labute approximate surface area is 125 Å². The van der Waals surface area contributed by atoms with Crippen LogP contribution in [0.4, 0.5) is 0 Å². The van der Waals surface area contributed by atoms with Crippen LogP contribution in [-0.2, 0) is 9.53 Å². The van der Waals surface area contributed by atoms with Crippen LogP contribution in [0.5, 0.6) is 5.75 Å². The van der Waals surface area contributed by atoms with Gasteiger partial charge in [-0.1, -0.05) is 36.9 Å². The summed E-state index contributed by atoms with van der Waals surface area (Å²) in [6.45, 7) is 4.47. The van der Waals surface area contributed by atoms with E-state index in [0.29, 0.717) is 13.2 Å². The first-order chi connectivity index (χ1) is 10.3. The summed E-state index contributed by atoms with van der Waals surface area (Å²) in [6, 6.07) is 14.3. The smallest absolute Gasteiger partial charge is 0.330 e.